The molecule has 1 aromatic rings. The lowest BCUT2D eigenvalue weighted by Gasteiger charge is -2.31. The SMILES string of the molecule is CCC1CN(c2nc3c(s2)CCCC3=O)CCS1. The van der Waals surface area contributed by atoms with Gasteiger partial charge in [0, 0.05) is 35.4 Å². The Balaban J connectivity index is 1.82. The molecule has 2 aliphatic rings. The Morgan fingerprint density at radius 1 is 1.44 bits per heavy atom. The summed E-state index contributed by atoms with van der Waals surface area (Å²) in [7, 11) is 0. The molecule has 1 atom stereocenters. The number of rotatable bonds is 2. The van der Waals surface area contributed by atoms with Gasteiger partial charge in [-0.2, -0.15) is 11.8 Å². The molecule has 2 heterocycles. The number of aryl methyl sites for hydroxylation is 1. The van der Waals surface area contributed by atoms with E-state index in [0.717, 1.165) is 42.0 Å². The van der Waals surface area contributed by atoms with Crippen LogP contribution in [-0.2, 0) is 6.42 Å². The number of Topliss-reactive ketones (excluding diaryl/α,β-unsaturated/α-hetero) is 1. The molecule has 1 saturated heterocycles. The van der Waals surface area contributed by atoms with Crippen molar-refractivity contribution in [1.29, 1.82) is 0 Å². The van der Waals surface area contributed by atoms with E-state index < -0.39 is 0 Å². The Morgan fingerprint density at radius 2 is 2.33 bits per heavy atom. The number of aromatic nitrogens is 1. The summed E-state index contributed by atoms with van der Waals surface area (Å²) in [5.74, 6) is 1.42. The lowest BCUT2D eigenvalue weighted by atomic mass is 10.0. The van der Waals surface area contributed by atoms with Crippen LogP contribution >= 0.6 is 23.1 Å². The zero-order valence-corrected chi connectivity index (χ0v) is 12.3. The minimum atomic E-state index is 0.247. The van der Waals surface area contributed by atoms with Crippen molar-refractivity contribution < 1.29 is 4.79 Å². The summed E-state index contributed by atoms with van der Waals surface area (Å²) in [5, 5.41) is 1.80. The molecule has 0 saturated carbocycles. The van der Waals surface area contributed by atoms with Crippen LogP contribution in [0.5, 0.6) is 0 Å². The van der Waals surface area contributed by atoms with Gasteiger partial charge < -0.3 is 4.90 Å². The smallest absolute Gasteiger partial charge is 0.186 e. The second-order valence-corrected chi connectivity index (χ2v) is 7.36. The average molecular weight is 282 g/mol. The molecule has 18 heavy (non-hydrogen) atoms. The van der Waals surface area contributed by atoms with E-state index in [1.807, 2.05) is 0 Å². The maximum atomic E-state index is 11.8. The van der Waals surface area contributed by atoms with Gasteiger partial charge in [-0.3, -0.25) is 4.79 Å². The zero-order valence-electron chi connectivity index (χ0n) is 10.6. The van der Waals surface area contributed by atoms with Crippen molar-refractivity contribution in [1.82, 2.24) is 4.98 Å². The van der Waals surface area contributed by atoms with Crippen molar-refractivity contribution in [2.24, 2.45) is 0 Å². The molecule has 0 spiro atoms. The maximum Gasteiger partial charge on any atom is 0.186 e. The molecule has 0 N–H and O–H groups in total. The molecule has 1 fully saturated rings. The molecule has 3 rings (SSSR count). The van der Waals surface area contributed by atoms with Gasteiger partial charge in [0.1, 0.15) is 5.69 Å². The average Bonchev–Trinajstić information content (AvgIpc) is 2.84. The quantitative estimate of drug-likeness (QED) is 0.835. The van der Waals surface area contributed by atoms with Crippen LogP contribution in [0.2, 0.25) is 0 Å². The first-order valence-corrected chi connectivity index (χ1v) is 8.54. The third-order valence-corrected chi connectivity index (χ3v) is 6.17. The number of thiazole rings is 1. The van der Waals surface area contributed by atoms with E-state index in [1.54, 1.807) is 11.3 Å². The highest BCUT2D eigenvalue weighted by Gasteiger charge is 2.26. The summed E-state index contributed by atoms with van der Waals surface area (Å²) in [6.45, 7) is 4.40. The summed E-state index contributed by atoms with van der Waals surface area (Å²) in [6.07, 6.45) is 3.94. The van der Waals surface area contributed by atoms with Gasteiger partial charge in [-0.1, -0.05) is 6.92 Å². The van der Waals surface area contributed by atoms with Gasteiger partial charge in [-0.25, -0.2) is 4.98 Å². The predicted molar refractivity (Wildman–Crippen MR) is 78.1 cm³/mol. The van der Waals surface area contributed by atoms with Gasteiger partial charge in [-0.05, 0) is 19.3 Å². The van der Waals surface area contributed by atoms with Gasteiger partial charge >= 0.3 is 0 Å². The molecule has 1 unspecified atom stereocenters. The number of carbonyl (C=O) groups excluding carboxylic acids is 1. The fraction of sp³-hybridized carbons (Fsp3) is 0.692. The Labute approximate surface area is 116 Å². The fourth-order valence-electron chi connectivity index (χ4n) is 2.53. The Morgan fingerprint density at radius 3 is 3.11 bits per heavy atom. The molecular formula is C13H18N2OS2. The first-order valence-electron chi connectivity index (χ1n) is 6.67. The first kappa shape index (κ1) is 12.5. The third kappa shape index (κ3) is 2.30. The highest BCUT2D eigenvalue weighted by molar-refractivity contribution is 8.00. The van der Waals surface area contributed by atoms with E-state index >= 15 is 0 Å². The fourth-order valence-corrected chi connectivity index (χ4v) is 4.86. The van der Waals surface area contributed by atoms with E-state index in [1.165, 1.54) is 17.1 Å². The minimum absolute atomic E-state index is 0.247. The molecule has 0 aromatic carbocycles. The van der Waals surface area contributed by atoms with Crippen LogP contribution in [0.1, 0.15) is 41.6 Å². The second-order valence-electron chi connectivity index (χ2n) is 4.89. The highest BCUT2D eigenvalue weighted by Crippen LogP contribution is 2.34. The van der Waals surface area contributed by atoms with Crippen LogP contribution in [-0.4, -0.2) is 34.9 Å². The molecule has 1 aliphatic heterocycles. The van der Waals surface area contributed by atoms with Crippen molar-refractivity contribution >= 4 is 34.0 Å². The molecule has 5 heteroatoms. The van der Waals surface area contributed by atoms with Crippen LogP contribution in [0.3, 0.4) is 0 Å². The van der Waals surface area contributed by atoms with Crippen LogP contribution in [0, 0.1) is 0 Å². The molecule has 3 nitrogen and oxygen atoms in total. The summed E-state index contributed by atoms with van der Waals surface area (Å²) in [6, 6.07) is 0. The number of thioether (sulfide) groups is 1. The van der Waals surface area contributed by atoms with Crippen LogP contribution in [0.15, 0.2) is 0 Å². The number of anilines is 1. The van der Waals surface area contributed by atoms with E-state index in [2.05, 4.69) is 28.6 Å². The molecule has 1 aliphatic carbocycles. The molecule has 1 aromatic heterocycles. The Hall–Kier alpha value is -0.550. The van der Waals surface area contributed by atoms with Crippen molar-refractivity contribution in [3.63, 3.8) is 0 Å². The van der Waals surface area contributed by atoms with Gasteiger partial charge in [0.15, 0.2) is 10.9 Å². The number of hydrogen-bond donors (Lipinski definition) is 0. The predicted octanol–water partition coefficient (Wildman–Crippen LogP) is 2.99. The van der Waals surface area contributed by atoms with Gasteiger partial charge in [-0.15, -0.1) is 11.3 Å². The third-order valence-electron chi connectivity index (χ3n) is 3.62. The normalized spacial score (nSPS) is 24.2. The maximum absolute atomic E-state index is 11.8. The second kappa shape index (κ2) is 5.21. The number of fused-ring (bicyclic) bond motifs is 1. The van der Waals surface area contributed by atoms with E-state index in [9.17, 15) is 4.79 Å². The Kier molecular flexibility index (Phi) is 3.61. The summed E-state index contributed by atoms with van der Waals surface area (Å²) in [5.41, 5.74) is 0.771. The largest absolute Gasteiger partial charge is 0.346 e. The van der Waals surface area contributed by atoms with Crippen LogP contribution < -0.4 is 4.90 Å². The lowest BCUT2D eigenvalue weighted by Crippen LogP contribution is -2.37. The van der Waals surface area contributed by atoms with Crippen LogP contribution in [0.4, 0.5) is 5.13 Å². The van der Waals surface area contributed by atoms with Crippen molar-refractivity contribution in [3.8, 4) is 0 Å². The first-order chi connectivity index (χ1) is 8.78. The number of hydrogen-bond acceptors (Lipinski definition) is 5. The number of ketones is 1. The monoisotopic (exact) mass is 282 g/mol. The Bertz CT molecular complexity index is 458. The number of carbonyl (C=O) groups is 1. The van der Waals surface area contributed by atoms with E-state index in [-0.39, 0.29) is 5.78 Å². The highest BCUT2D eigenvalue weighted by atomic mass is 32.2. The standard InChI is InChI=1S/C13H18N2OS2/c1-2-9-8-15(6-7-17-9)13-14-12-10(16)4-3-5-11(12)18-13/h9H,2-8H2,1H3. The van der Waals surface area contributed by atoms with Gasteiger partial charge in [0.2, 0.25) is 0 Å². The topological polar surface area (TPSA) is 33.2 Å². The molecule has 0 amide bonds. The number of nitrogens with zero attached hydrogens (tertiary/aromatic N) is 2. The zero-order chi connectivity index (χ0) is 12.5. The molecule has 0 radical (unpaired) electrons. The van der Waals surface area contributed by atoms with Crippen molar-refractivity contribution in [2.75, 3.05) is 23.7 Å². The molecule has 0 bridgehead atoms. The van der Waals surface area contributed by atoms with Gasteiger partial charge in [0.05, 0.1) is 0 Å². The summed E-state index contributed by atoms with van der Waals surface area (Å²) >= 11 is 3.81. The summed E-state index contributed by atoms with van der Waals surface area (Å²) in [4.78, 5) is 20.0. The minimum Gasteiger partial charge on any atom is -0.346 e. The van der Waals surface area contributed by atoms with Crippen LogP contribution in [0.25, 0.3) is 0 Å². The van der Waals surface area contributed by atoms with E-state index in [0.29, 0.717) is 6.42 Å². The summed E-state index contributed by atoms with van der Waals surface area (Å²) < 4.78 is 0. The molecular weight excluding hydrogens is 264 g/mol. The van der Waals surface area contributed by atoms with Crippen molar-refractivity contribution in [3.05, 3.63) is 10.6 Å². The molecule has 98 valence electrons. The lowest BCUT2D eigenvalue weighted by molar-refractivity contribution is 0.0968. The van der Waals surface area contributed by atoms with Crippen molar-refractivity contribution in [2.45, 2.75) is 37.9 Å². The van der Waals surface area contributed by atoms with Gasteiger partial charge in [0.25, 0.3) is 0 Å². The van der Waals surface area contributed by atoms with E-state index in [4.69, 9.17) is 0 Å².